The zero-order valence-corrected chi connectivity index (χ0v) is 8.29. The van der Waals surface area contributed by atoms with E-state index >= 15 is 0 Å². The second kappa shape index (κ2) is 5.51. The lowest BCUT2D eigenvalue weighted by Gasteiger charge is -2.03. The van der Waals surface area contributed by atoms with Crippen molar-refractivity contribution in [2.75, 3.05) is 6.61 Å². The SMILES string of the molecule is CCCCCOc1ccnc(C)n1. The third kappa shape index (κ3) is 3.87. The van der Waals surface area contributed by atoms with E-state index in [2.05, 4.69) is 16.9 Å². The minimum Gasteiger partial charge on any atom is -0.478 e. The van der Waals surface area contributed by atoms with E-state index in [0.717, 1.165) is 18.9 Å². The highest BCUT2D eigenvalue weighted by Gasteiger charge is 1.95. The molecule has 0 aliphatic rings. The first kappa shape index (κ1) is 9.96. The summed E-state index contributed by atoms with van der Waals surface area (Å²) in [6.07, 6.45) is 5.24. The zero-order valence-electron chi connectivity index (χ0n) is 8.29. The number of unbranched alkanes of at least 4 members (excludes halogenated alkanes) is 2. The molecule has 0 amide bonds. The molecule has 0 fully saturated rings. The van der Waals surface area contributed by atoms with Gasteiger partial charge in [0.1, 0.15) is 5.82 Å². The lowest BCUT2D eigenvalue weighted by molar-refractivity contribution is 0.293. The first-order valence-electron chi connectivity index (χ1n) is 4.75. The van der Waals surface area contributed by atoms with Crippen LogP contribution in [0.2, 0.25) is 0 Å². The molecule has 0 saturated carbocycles. The molecule has 1 rings (SSSR count). The fourth-order valence-electron chi connectivity index (χ4n) is 1.04. The van der Waals surface area contributed by atoms with Gasteiger partial charge < -0.3 is 4.74 Å². The van der Waals surface area contributed by atoms with Gasteiger partial charge in [0.25, 0.3) is 0 Å². The van der Waals surface area contributed by atoms with Crippen molar-refractivity contribution in [3.8, 4) is 5.88 Å². The van der Waals surface area contributed by atoms with Crippen LogP contribution in [0.25, 0.3) is 0 Å². The molecule has 0 saturated heterocycles. The molecule has 0 atom stereocenters. The Labute approximate surface area is 79.2 Å². The van der Waals surface area contributed by atoms with Crippen LogP contribution in [-0.4, -0.2) is 16.6 Å². The Bertz CT molecular complexity index is 250. The maximum Gasteiger partial charge on any atom is 0.216 e. The third-order valence-electron chi connectivity index (χ3n) is 1.75. The van der Waals surface area contributed by atoms with E-state index in [9.17, 15) is 0 Å². The predicted molar refractivity (Wildman–Crippen MR) is 51.8 cm³/mol. The molecule has 0 aliphatic carbocycles. The minimum absolute atomic E-state index is 0.684. The third-order valence-corrected chi connectivity index (χ3v) is 1.75. The molecule has 0 aliphatic heterocycles. The van der Waals surface area contributed by atoms with Crippen LogP contribution in [0.1, 0.15) is 32.0 Å². The summed E-state index contributed by atoms with van der Waals surface area (Å²) in [4.78, 5) is 8.13. The second-order valence-electron chi connectivity index (χ2n) is 3.00. The summed E-state index contributed by atoms with van der Waals surface area (Å²) >= 11 is 0. The van der Waals surface area contributed by atoms with Crippen molar-refractivity contribution in [1.29, 1.82) is 0 Å². The van der Waals surface area contributed by atoms with Crippen LogP contribution in [0.5, 0.6) is 5.88 Å². The van der Waals surface area contributed by atoms with Crippen molar-refractivity contribution in [3.63, 3.8) is 0 Å². The summed E-state index contributed by atoms with van der Waals surface area (Å²) in [6.45, 7) is 4.79. The van der Waals surface area contributed by atoms with Crippen LogP contribution in [-0.2, 0) is 0 Å². The maximum absolute atomic E-state index is 5.44. The van der Waals surface area contributed by atoms with Crippen LogP contribution >= 0.6 is 0 Å². The minimum atomic E-state index is 0.684. The van der Waals surface area contributed by atoms with Gasteiger partial charge in [-0.2, -0.15) is 4.98 Å². The van der Waals surface area contributed by atoms with Crippen LogP contribution in [0, 0.1) is 6.92 Å². The van der Waals surface area contributed by atoms with Gasteiger partial charge in [-0.3, -0.25) is 0 Å². The fourth-order valence-corrected chi connectivity index (χ4v) is 1.04. The summed E-state index contributed by atoms with van der Waals surface area (Å²) < 4.78 is 5.44. The Hall–Kier alpha value is -1.12. The van der Waals surface area contributed by atoms with Gasteiger partial charge >= 0.3 is 0 Å². The van der Waals surface area contributed by atoms with E-state index in [1.54, 1.807) is 12.3 Å². The van der Waals surface area contributed by atoms with Gasteiger partial charge in [0.05, 0.1) is 6.61 Å². The number of hydrogen-bond acceptors (Lipinski definition) is 3. The predicted octanol–water partition coefficient (Wildman–Crippen LogP) is 2.35. The number of rotatable bonds is 5. The number of aromatic nitrogens is 2. The maximum atomic E-state index is 5.44. The molecule has 0 unspecified atom stereocenters. The molecule has 1 aromatic heterocycles. The first-order valence-corrected chi connectivity index (χ1v) is 4.75. The van der Waals surface area contributed by atoms with E-state index in [4.69, 9.17) is 4.74 Å². The molecule has 13 heavy (non-hydrogen) atoms. The number of nitrogens with zero attached hydrogens (tertiary/aromatic N) is 2. The van der Waals surface area contributed by atoms with Crippen molar-refractivity contribution in [2.24, 2.45) is 0 Å². The van der Waals surface area contributed by atoms with Gasteiger partial charge in [0, 0.05) is 12.3 Å². The molecule has 3 nitrogen and oxygen atoms in total. The average molecular weight is 180 g/mol. The number of hydrogen-bond donors (Lipinski definition) is 0. The molecule has 1 aromatic rings. The van der Waals surface area contributed by atoms with Crippen molar-refractivity contribution in [3.05, 3.63) is 18.1 Å². The molecule has 0 radical (unpaired) electrons. The van der Waals surface area contributed by atoms with Gasteiger partial charge in [-0.05, 0) is 13.3 Å². The summed E-state index contributed by atoms with van der Waals surface area (Å²) in [5.74, 6) is 1.44. The summed E-state index contributed by atoms with van der Waals surface area (Å²) in [7, 11) is 0. The van der Waals surface area contributed by atoms with Crippen molar-refractivity contribution < 1.29 is 4.74 Å². The molecule has 3 heteroatoms. The van der Waals surface area contributed by atoms with E-state index in [0.29, 0.717) is 5.88 Å². The lowest BCUT2D eigenvalue weighted by Crippen LogP contribution is -2.00. The largest absolute Gasteiger partial charge is 0.478 e. The molecular weight excluding hydrogens is 164 g/mol. The smallest absolute Gasteiger partial charge is 0.216 e. The standard InChI is InChI=1S/C10H16N2O/c1-3-4-5-8-13-10-6-7-11-9(2)12-10/h6-7H,3-5,8H2,1-2H3. The molecule has 0 bridgehead atoms. The van der Waals surface area contributed by atoms with Crippen molar-refractivity contribution in [1.82, 2.24) is 9.97 Å². The highest BCUT2D eigenvalue weighted by molar-refractivity contribution is 5.07. The average Bonchev–Trinajstić information content (AvgIpc) is 2.13. The Morgan fingerprint density at radius 1 is 1.38 bits per heavy atom. The lowest BCUT2D eigenvalue weighted by atomic mass is 10.3. The Balaban J connectivity index is 2.28. The molecule has 0 aromatic carbocycles. The second-order valence-corrected chi connectivity index (χ2v) is 3.00. The Morgan fingerprint density at radius 3 is 2.92 bits per heavy atom. The van der Waals surface area contributed by atoms with Gasteiger partial charge in [-0.1, -0.05) is 19.8 Å². The molecule has 72 valence electrons. The van der Waals surface area contributed by atoms with Crippen molar-refractivity contribution in [2.45, 2.75) is 33.1 Å². The number of aryl methyl sites for hydroxylation is 1. The molecule has 1 heterocycles. The molecular formula is C10H16N2O. The molecule has 0 N–H and O–H groups in total. The summed E-state index contributed by atoms with van der Waals surface area (Å²) in [6, 6.07) is 1.79. The van der Waals surface area contributed by atoms with E-state index in [1.807, 2.05) is 6.92 Å². The van der Waals surface area contributed by atoms with Gasteiger partial charge in [0.2, 0.25) is 5.88 Å². The van der Waals surface area contributed by atoms with E-state index < -0.39 is 0 Å². The topological polar surface area (TPSA) is 35.0 Å². The van der Waals surface area contributed by atoms with Gasteiger partial charge in [0.15, 0.2) is 0 Å². The quantitative estimate of drug-likeness (QED) is 0.652. The van der Waals surface area contributed by atoms with Crippen LogP contribution in [0.3, 0.4) is 0 Å². The summed E-state index contributed by atoms with van der Waals surface area (Å²) in [5, 5.41) is 0. The van der Waals surface area contributed by atoms with Crippen LogP contribution < -0.4 is 4.74 Å². The monoisotopic (exact) mass is 180 g/mol. The fraction of sp³-hybridized carbons (Fsp3) is 0.600. The highest BCUT2D eigenvalue weighted by atomic mass is 16.5. The van der Waals surface area contributed by atoms with E-state index in [-0.39, 0.29) is 0 Å². The Morgan fingerprint density at radius 2 is 2.23 bits per heavy atom. The van der Waals surface area contributed by atoms with Crippen LogP contribution in [0.4, 0.5) is 0 Å². The van der Waals surface area contributed by atoms with Gasteiger partial charge in [-0.25, -0.2) is 4.98 Å². The number of ether oxygens (including phenoxy) is 1. The summed E-state index contributed by atoms with van der Waals surface area (Å²) in [5.41, 5.74) is 0. The zero-order chi connectivity index (χ0) is 9.52. The highest BCUT2D eigenvalue weighted by Crippen LogP contribution is 2.05. The van der Waals surface area contributed by atoms with E-state index in [1.165, 1.54) is 12.8 Å². The molecule has 0 spiro atoms. The normalized spacial score (nSPS) is 10.0. The van der Waals surface area contributed by atoms with Crippen LogP contribution in [0.15, 0.2) is 12.3 Å². The Kier molecular flexibility index (Phi) is 4.23. The van der Waals surface area contributed by atoms with Crippen molar-refractivity contribution >= 4 is 0 Å². The van der Waals surface area contributed by atoms with Gasteiger partial charge in [-0.15, -0.1) is 0 Å². The first-order chi connectivity index (χ1) is 6.33.